The highest BCUT2D eigenvalue weighted by Gasteiger charge is 2.40. The number of nitrogens with one attached hydrogen (secondary N) is 1. The second-order valence-electron chi connectivity index (χ2n) is 7.18. The Labute approximate surface area is 141 Å². The van der Waals surface area contributed by atoms with E-state index in [1.165, 1.54) is 12.1 Å². The molecule has 0 radical (unpaired) electrons. The molecule has 0 spiro atoms. The number of hydrogen-bond donors (Lipinski definition) is 2. The van der Waals surface area contributed by atoms with Crippen LogP contribution in [0.3, 0.4) is 0 Å². The maximum absolute atomic E-state index is 13.2. The largest absolute Gasteiger partial charge is 0.481 e. The summed E-state index contributed by atoms with van der Waals surface area (Å²) in [5, 5.41) is 12.4. The monoisotopic (exact) mass is 333 g/mol. The molecule has 1 aromatic rings. The Morgan fingerprint density at radius 2 is 1.67 bits per heavy atom. The first-order valence-electron chi connectivity index (χ1n) is 8.81. The van der Waals surface area contributed by atoms with Crippen molar-refractivity contribution < 1.29 is 19.1 Å². The van der Waals surface area contributed by atoms with E-state index in [9.17, 15) is 19.1 Å². The van der Waals surface area contributed by atoms with Gasteiger partial charge in [-0.1, -0.05) is 31.4 Å². The number of aliphatic carboxylic acids is 1. The standard InChI is InChI=1S/C19H24FNO3/c20-16-8-6-15(7-9-16)19(10-1-2-11-19)21-17(22)13-4-3-5-14(12-13)18(23)24/h6-9,13-14H,1-5,10-12H2,(H,21,22)(H,23,24). The lowest BCUT2D eigenvalue weighted by atomic mass is 9.80. The summed E-state index contributed by atoms with van der Waals surface area (Å²) in [4.78, 5) is 24.0. The molecule has 2 aliphatic carbocycles. The van der Waals surface area contributed by atoms with Gasteiger partial charge in [0.1, 0.15) is 5.82 Å². The van der Waals surface area contributed by atoms with Crippen molar-refractivity contribution in [2.45, 2.75) is 56.9 Å². The van der Waals surface area contributed by atoms with E-state index in [-0.39, 0.29) is 17.6 Å². The van der Waals surface area contributed by atoms with Gasteiger partial charge in [0, 0.05) is 5.92 Å². The predicted molar refractivity (Wildman–Crippen MR) is 87.8 cm³/mol. The molecule has 2 N–H and O–H groups in total. The SMILES string of the molecule is O=C(O)C1CCCC(C(=O)NC2(c3ccc(F)cc3)CCCC2)C1. The van der Waals surface area contributed by atoms with E-state index in [1.54, 1.807) is 12.1 Å². The number of benzene rings is 1. The third-order valence-electron chi connectivity index (χ3n) is 5.61. The Bertz CT molecular complexity index is 608. The van der Waals surface area contributed by atoms with E-state index < -0.39 is 17.4 Å². The molecule has 1 amide bonds. The van der Waals surface area contributed by atoms with Crippen LogP contribution in [0.5, 0.6) is 0 Å². The second kappa shape index (κ2) is 6.91. The first-order chi connectivity index (χ1) is 11.5. The molecule has 130 valence electrons. The zero-order valence-corrected chi connectivity index (χ0v) is 13.8. The first-order valence-corrected chi connectivity index (χ1v) is 8.81. The lowest BCUT2D eigenvalue weighted by Crippen LogP contribution is -2.47. The van der Waals surface area contributed by atoms with Gasteiger partial charge in [0.15, 0.2) is 0 Å². The summed E-state index contributed by atoms with van der Waals surface area (Å²) in [7, 11) is 0. The molecule has 0 aromatic heterocycles. The minimum Gasteiger partial charge on any atom is -0.481 e. The van der Waals surface area contributed by atoms with E-state index in [2.05, 4.69) is 5.32 Å². The van der Waals surface area contributed by atoms with Crippen LogP contribution in [0.1, 0.15) is 56.9 Å². The second-order valence-corrected chi connectivity index (χ2v) is 7.18. The quantitative estimate of drug-likeness (QED) is 0.885. The van der Waals surface area contributed by atoms with Gasteiger partial charge in [-0.2, -0.15) is 0 Å². The molecule has 0 aliphatic heterocycles. The van der Waals surface area contributed by atoms with Crippen LogP contribution in [0, 0.1) is 17.7 Å². The number of amides is 1. The van der Waals surface area contributed by atoms with Gasteiger partial charge in [-0.05, 0) is 49.8 Å². The molecule has 4 nitrogen and oxygen atoms in total. The highest BCUT2D eigenvalue weighted by atomic mass is 19.1. The number of carbonyl (C=O) groups is 2. The van der Waals surface area contributed by atoms with Crippen LogP contribution in [0.25, 0.3) is 0 Å². The van der Waals surface area contributed by atoms with E-state index in [0.29, 0.717) is 12.8 Å². The molecule has 0 bridgehead atoms. The number of halogens is 1. The molecule has 2 unspecified atom stereocenters. The van der Waals surface area contributed by atoms with Crippen molar-refractivity contribution in [2.24, 2.45) is 11.8 Å². The summed E-state index contributed by atoms with van der Waals surface area (Å²) in [6.07, 6.45) is 6.34. The fourth-order valence-electron chi connectivity index (χ4n) is 4.22. The molecular formula is C19H24FNO3. The van der Waals surface area contributed by atoms with Crippen LogP contribution in [0.2, 0.25) is 0 Å². The van der Waals surface area contributed by atoms with Crippen molar-refractivity contribution in [3.05, 3.63) is 35.6 Å². The van der Waals surface area contributed by atoms with Crippen molar-refractivity contribution in [1.29, 1.82) is 0 Å². The molecule has 0 saturated heterocycles. The van der Waals surface area contributed by atoms with Crippen molar-refractivity contribution in [1.82, 2.24) is 5.32 Å². The molecule has 2 atom stereocenters. The molecule has 24 heavy (non-hydrogen) atoms. The maximum Gasteiger partial charge on any atom is 0.306 e. The molecule has 5 heteroatoms. The normalized spacial score (nSPS) is 26.0. The maximum atomic E-state index is 13.2. The van der Waals surface area contributed by atoms with Gasteiger partial charge in [-0.3, -0.25) is 9.59 Å². The van der Waals surface area contributed by atoms with Gasteiger partial charge in [0.2, 0.25) is 5.91 Å². The van der Waals surface area contributed by atoms with Crippen molar-refractivity contribution in [2.75, 3.05) is 0 Å². The summed E-state index contributed by atoms with van der Waals surface area (Å²) in [5.41, 5.74) is 0.515. The fourth-order valence-corrected chi connectivity index (χ4v) is 4.22. The van der Waals surface area contributed by atoms with Gasteiger partial charge in [-0.25, -0.2) is 4.39 Å². The van der Waals surface area contributed by atoms with E-state index in [1.807, 2.05) is 0 Å². The lowest BCUT2D eigenvalue weighted by Gasteiger charge is -2.34. The van der Waals surface area contributed by atoms with Gasteiger partial charge < -0.3 is 10.4 Å². The van der Waals surface area contributed by atoms with E-state index >= 15 is 0 Å². The average molecular weight is 333 g/mol. The van der Waals surface area contributed by atoms with Crippen LogP contribution < -0.4 is 5.32 Å². The highest BCUT2D eigenvalue weighted by Crippen LogP contribution is 2.40. The number of hydrogen-bond acceptors (Lipinski definition) is 2. The molecule has 2 aliphatic rings. The Balaban J connectivity index is 1.75. The van der Waals surface area contributed by atoms with Crippen molar-refractivity contribution in [3.8, 4) is 0 Å². The molecular weight excluding hydrogens is 309 g/mol. The first kappa shape index (κ1) is 16.9. The summed E-state index contributed by atoms with van der Waals surface area (Å²) in [6.45, 7) is 0. The van der Waals surface area contributed by atoms with E-state index in [4.69, 9.17) is 0 Å². The molecule has 2 fully saturated rings. The zero-order chi connectivity index (χ0) is 17.2. The Hall–Kier alpha value is -1.91. The number of carboxylic acids is 1. The summed E-state index contributed by atoms with van der Waals surface area (Å²) < 4.78 is 13.2. The average Bonchev–Trinajstić information content (AvgIpc) is 3.05. The minimum atomic E-state index is -0.804. The van der Waals surface area contributed by atoms with Crippen molar-refractivity contribution >= 4 is 11.9 Å². The smallest absolute Gasteiger partial charge is 0.306 e. The number of carbonyl (C=O) groups excluding carboxylic acids is 1. The third-order valence-corrected chi connectivity index (χ3v) is 5.61. The topological polar surface area (TPSA) is 66.4 Å². The summed E-state index contributed by atoms with van der Waals surface area (Å²) >= 11 is 0. The molecule has 3 rings (SSSR count). The fraction of sp³-hybridized carbons (Fsp3) is 0.579. The molecule has 2 saturated carbocycles. The van der Waals surface area contributed by atoms with Gasteiger partial charge in [0.25, 0.3) is 0 Å². The summed E-state index contributed by atoms with van der Waals surface area (Å²) in [5.74, 6) is -1.79. The third kappa shape index (κ3) is 3.45. The van der Waals surface area contributed by atoms with Crippen LogP contribution in [0.4, 0.5) is 4.39 Å². The Morgan fingerprint density at radius 1 is 1.04 bits per heavy atom. The van der Waals surface area contributed by atoms with Crippen LogP contribution in [-0.4, -0.2) is 17.0 Å². The highest BCUT2D eigenvalue weighted by molar-refractivity contribution is 5.81. The lowest BCUT2D eigenvalue weighted by molar-refractivity contribution is -0.144. The number of carboxylic acid groups (broad SMARTS) is 1. The Kier molecular flexibility index (Phi) is 4.88. The van der Waals surface area contributed by atoms with Crippen LogP contribution in [-0.2, 0) is 15.1 Å². The Morgan fingerprint density at radius 3 is 2.29 bits per heavy atom. The molecule has 0 heterocycles. The minimum absolute atomic E-state index is 0.0489. The zero-order valence-electron chi connectivity index (χ0n) is 13.8. The van der Waals surface area contributed by atoms with Gasteiger partial charge >= 0.3 is 5.97 Å². The number of rotatable bonds is 4. The summed E-state index contributed by atoms with van der Waals surface area (Å²) in [6, 6.07) is 6.37. The molecule has 1 aromatic carbocycles. The van der Waals surface area contributed by atoms with E-state index in [0.717, 1.165) is 44.1 Å². The predicted octanol–water partition coefficient (Wildman–Crippen LogP) is 3.60. The van der Waals surface area contributed by atoms with Gasteiger partial charge in [-0.15, -0.1) is 0 Å². The van der Waals surface area contributed by atoms with Gasteiger partial charge in [0.05, 0.1) is 11.5 Å². The van der Waals surface area contributed by atoms with Crippen molar-refractivity contribution in [3.63, 3.8) is 0 Å². The van der Waals surface area contributed by atoms with Crippen LogP contribution in [0.15, 0.2) is 24.3 Å². The van der Waals surface area contributed by atoms with Crippen LogP contribution >= 0.6 is 0 Å².